The number of rotatable bonds is 3. The molecule has 3 nitrogen and oxygen atoms in total. The third-order valence-electron chi connectivity index (χ3n) is 3.67. The van der Waals surface area contributed by atoms with Crippen LogP contribution in [0.25, 0.3) is 0 Å². The average molecular weight is 300 g/mol. The van der Waals surface area contributed by atoms with Gasteiger partial charge in [0.2, 0.25) is 5.91 Å². The van der Waals surface area contributed by atoms with Crippen LogP contribution in [-0.2, 0) is 11.0 Å². The summed E-state index contributed by atoms with van der Waals surface area (Å²) >= 11 is 0. The number of hydrogen-bond acceptors (Lipinski definition) is 2. The topological polar surface area (TPSA) is 32.3 Å². The van der Waals surface area contributed by atoms with E-state index in [1.54, 1.807) is 4.90 Å². The highest BCUT2D eigenvalue weighted by molar-refractivity contribution is 5.81. The summed E-state index contributed by atoms with van der Waals surface area (Å²) in [5, 5.41) is 2.62. The molecule has 1 aliphatic heterocycles. The van der Waals surface area contributed by atoms with Crippen LogP contribution in [0.3, 0.4) is 0 Å². The first-order chi connectivity index (χ1) is 9.88. The van der Waals surface area contributed by atoms with Crippen LogP contribution < -0.4 is 5.32 Å². The van der Waals surface area contributed by atoms with Crippen molar-refractivity contribution in [2.45, 2.75) is 25.9 Å². The largest absolute Gasteiger partial charge is 0.418 e. The molecule has 1 aliphatic rings. The maximum absolute atomic E-state index is 12.8. The lowest BCUT2D eigenvalue weighted by Gasteiger charge is -2.31. The van der Waals surface area contributed by atoms with Crippen LogP contribution >= 0.6 is 0 Å². The van der Waals surface area contributed by atoms with Gasteiger partial charge in [-0.2, -0.15) is 13.2 Å². The van der Waals surface area contributed by atoms with E-state index in [2.05, 4.69) is 12.2 Å². The summed E-state index contributed by atoms with van der Waals surface area (Å²) in [5.74, 6) is 0.295. The van der Waals surface area contributed by atoms with Crippen molar-refractivity contribution in [1.82, 2.24) is 4.90 Å². The number of halogens is 3. The minimum Gasteiger partial charge on any atom is -0.376 e. The van der Waals surface area contributed by atoms with E-state index < -0.39 is 11.7 Å². The third kappa shape index (κ3) is 4.12. The second-order valence-corrected chi connectivity index (χ2v) is 5.48. The minimum absolute atomic E-state index is 0.0524. The molecule has 0 saturated carbocycles. The van der Waals surface area contributed by atoms with Gasteiger partial charge in [-0.3, -0.25) is 4.79 Å². The van der Waals surface area contributed by atoms with E-state index >= 15 is 0 Å². The van der Waals surface area contributed by atoms with Crippen molar-refractivity contribution in [3.8, 4) is 0 Å². The quantitative estimate of drug-likeness (QED) is 0.928. The van der Waals surface area contributed by atoms with Gasteiger partial charge in [0.1, 0.15) is 0 Å². The summed E-state index contributed by atoms with van der Waals surface area (Å²) in [7, 11) is 0. The Balaban J connectivity index is 1.98. The number of amides is 1. The number of alkyl halides is 3. The Labute approximate surface area is 122 Å². The molecule has 1 aromatic rings. The number of piperidine rings is 1. The smallest absolute Gasteiger partial charge is 0.376 e. The van der Waals surface area contributed by atoms with Crippen molar-refractivity contribution in [2.75, 3.05) is 25.0 Å². The first-order valence-corrected chi connectivity index (χ1v) is 7.06. The molecule has 1 atom stereocenters. The lowest BCUT2D eigenvalue weighted by Crippen LogP contribution is -2.42. The molecule has 1 amide bonds. The minimum atomic E-state index is -4.42. The summed E-state index contributed by atoms with van der Waals surface area (Å²) in [6.45, 7) is 3.33. The number of likely N-dealkylation sites (tertiary alicyclic amines) is 1. The zero-order chi connectivity index (χ0) is 15.5. The summed E-state index contributed by atoms with van der Waals surface area (Å²) in [6.07, 6.45) is -2.38. The normalized spacial score (nSPS) is 19.4. The van der Waals surface area contributed by atoms with Crippen LogP contribution in [0.5, 0.6) is 0 Å². The van der Waals surface area contributed by atoms with E-state index in [1.165, 1.54) is 18.2 Å². The van der Waals surface area contributed by atoms with Gasteiger partial charge in [0, 0.05) is 18.8 Å². The number of nitrogens with zero attached hydrogens (tertiary/aromatic N) is 1. The predicted octanol–water partition coefficient (Wildman–Crippen LogP) is 3.38. The van der Waals surface area contributed by atoms with E-state index in [0.29, 0.717) is 19.0 Å². The fraction of sp³-hybridized carbons (Fsp3) is 0.533. The zero-order valence-electron chi connectivity index (χ0n) is 11.9. The molecule has 0 aliphatic carbocycles. The summed E-state index contributed by atoms with van der Waals surface area (Å²) in [5.41, 5.74) is -0.798. The standard InChI is InChI=1S/C15H19F3N2O/c1-11-5-4-8-20(10-11)14(21)9-19-13-7-3-2-6-12(13)15(16,17)18/h2-3,6-7,11,19H,4-5,8-10H2,1H3. The second-order valence-electron chi connectivity index (χ2n) is 5.48. The van der Waals surface area contributed by atoms with Crippen LogP contribution in [0.4, 0.5) is 18.9 Å². The van der Waals surface area contributed by atoms with E-state index in [-0.39, 0.29) is 18.1 Å². The monoisotopic (exact) mass is 300 g/mol. The predicted molar refractivity (Wildman–Crippen MR) is 74.9 cm³/mol. The highest BCUT2D eigenvalue weighted by Gasteiger charge is 2.33. The van der Waals surface area contributed by atoms with Gasteiger partial charge in [-0.05, 0) is 30.9 Å². The number of anilines is 1. The number of benzene rings is 1. The maximum atomic E-state index is 12.8. The first-order valence-electron chi connectivity index (χ1n) is 7.06. The van der Waals surface area contributed by atoms with E-state index in [4.69, 9.17) is 0 Å². The third-order valence-corrected chi connectivity index (χ3v) is 3.67. The van der Waals surface area contributed by atoms with Crippen molar-refractivity contribution in [1.29, 1.82) is 0 Å². The van der Waals surface area contributed by atoms with Gasteiger partial charge >= 0.3 is 6.18 Å². The fourth-order valence-electron chi connectivity index (χ4n) is 2.58. The van der Waals surface area contributed by atoms with Crippen molar-refractivity contribution < 1.29 is 18.0 Å². The van der Waals surface area contributed by atoms with Gasteiger partial charge in [-0.25, -0.2) is 0 Å². The molecule has 0 spiro atoms. The zero-order valence-corrected chi connectivity index (χ0v) is 11.9. The van der Waals surface area contributed by atoms with Gasteiger partial charge in [-0.15, -0.1) is 0 Å². The number of carbonyl (C=O) groups excluding carboxylic acids is 1. The van der Waals surface area contributed by atoms with E-state index in [0.717, 1.165) is 18.9 Å². The fourth-order valence-corrected chi connectivity index (χ4v) is 2.58. The molecule has 1 unspecified atom stereocenters. The van der Waals surface area contributed by atoms with Gasteiger partial charge in [0.25, 0.3) is 0 Å². The molecule has 21 heavy (non-hydrogen) atoms. The van der Waals surface area contributed by atoms with Crippen LogP contribution in [0.2, 0.25) is 0 Å². The molecule has 0 radical (unpaired) electrons. The molecule has 0 aromatic heterocycles. The highest BCUT2D eigenvalue weighted by Crippen LogP contribution is 2.34. The summed E-state index contributed by atoms with van der Waals surface area (Å²) in [6, 6.07) is 5.21. The van der Waals surface area contributed by atoms with Gasteiger partial charge in [0.05, 0.1) is 12.1 Å². The lowest BCUT2D eigenvalue weighted by molar-refractivity contribution is -0.137. The Morgan fingerprint density at radius 1 is 1.38 bits per heavy atom. The summed E-state index contributed by atoms with van der Waals surface area (Å²) < 4.78 is 38.5. The van der Waals surface area contributed by atoms with Crippen LogP contribution in [0.15, 0.2) is 24.3 Å². The number of nitrogens with one attached hydrogen (secondary N) is 1. The molecule has 1 fully saturated rings. The molecular formula is C15H19F3N2O. The Hall–Kier alpha value is -1.72. The molecule has 1 heterocycles. The Morgan fingerprint density at radius 2 is 2.10 bits per heavy atom. The first kappa shape index (κ1) is 15.7. The highest BCUT2D eigenvalue weighted by atomic mass is 19.4. The van der Waals surface area contributed by atoms with Crippen molar-refractivity contribution in [3.63, 3.8) is 0 Å². The van der Waals surface area contributed by atoms with Gasteiger partial charge in [-0.1, -0.05) is 19.1 Å². The maximum Gasteiger partial charge on any atom is 0.418 e. The van der Waals surface area contributed by atoms with Crippen LogP contribution in [-0.4, -0.2) is 30.4 Å². The molecule has 6 heteroatoms. The Morgan fingerprint density at radius 3 is 2.76 bits per heavy atom. The SMILES string of the molecule is CC1CCCN(C(=O)CNc2ccccc2C(F)(F)F)C1. The molecule has 1 aromatic carbocycles. The Kier molecular flexibility index (Phi) is 4.75. The van der Waals surface area contributed by atoms with Crippen molar-refractivity contribution in [3.05, 3.63) is 29.8 Å². The van der Waals surface area contributed by atoms with Gasteiger partial charge in [0.15, 0.2) is 0 Å². The van der Waals surface area contributed by atoms with Crippen molar-refractivity contribution >= 4 is 11.6 Å². The second kappa shape index (κ2) is 6.37. The molecular weight excluding hydrogens is 281 g/mol. The van der Waals surface area contributed by atoms with Crippen LogP contribution in [0, 0.1) is 5.92 Å². The molecule has 1 N–H and O–H groups in total. The van der Waals surface area contributed by atoms with Crippen LogP contribution in [0.1, 0.15) is 25.3 Å². The van der Waals surface area contributed by atoms with E-state index in [9.17, 15) is 18.0 Å². The van der Waals surface area contributed by atoms with E-state index in [1.807, 2.05) is 0 Å². The number of para-hydroxylation sites is 1. The molecule has 116 valence electrons. The van der Waals surface area contributed by atoms with Gasteiger partial charge < -0.3 is 10.2 Å². The molecule has 0 bridgehead atoms. The lowest BCUT2D eigenvalue weighted by atomic mass is 10.0. The number of carbonyl (C=O) groups is 1. The Bertz CT molecular complexity index is 502. The van der Waals surface area contributed by atoms with Crippen molar-refractivity contribution in [2.24, 2.45) is 5.92 Å². The number of hydrogen-bond donors (Lipinski definition) is 1. The summed E-state index contributed by atoms with van der Waals surface area (Å²) in [4.78, 5) is 13.8. The average Bonchev–Trinajstić information content (AvgIpc) is 2.44. The molecule has 1 saturated heterocycles. The molecule has 2 rings (SSSR count).